The Morgan fingerprint density at radius 1 is 0.228 bits per heavy atom. The van der Waals surface area contributed by atoms with Gasteiger partial charge in [0.05, 0.1) is 117 Å². The van der Waals surface area contributed by atoms with Crippen molar-refractivity contribution in [1.29, 1.82) is 0 Å². The van der Waals surface area contributed by atoms with Crippen LogP contribution in [-0.4, -0.2) is 328 Å². The van der Waals surface area contributed by atoms with Gasteiger partial charge in [-0.2, -0.15) is 0 Å². The summed E-state index contributed by atoms with van der Waals surface area (Å²) in [6.45, 7) is 81.3. The number of hydrogen-bond donors (Lipinski definition) is 0. The van der Waals surface area contributed by atoms with Crippen molar-refractivity contribution in [3.05, 3.63) is 114 Å². The average molecular weight is 2120 g/mol. The number of unbranched alkanes of at least 4 members (excludes halogenated alkanes) is 12. The van der Waals surface area contributed by atoms with E-state index >= 15 is 0 Å². The third-order valence-corrected chi connectivity index (χ3v) is 21.3. The van der Waals surface area contributed by atoms with Crippen molar-refractivity contribution in [3.63, 3.8) is 0 Å². The molecule has 0 N–H and O–H groups in total. The van der Waals surface area contributed by atoms with E-state index in [0.29, 0.717) is 176 Å². The fourth-order valence-electron chi connectivity index (χ4n) is 12.2. The van der Waals surface area contributed by atoms with Gasteiger partial charge < -0.3 is 86.7 Å². The number of likely N-dealkylation sites (N-methyl/N-ethyl adjacent to an activating group) is 9. The zero-order valence-corrected chi connectivity index (χ0v) is 95.8. The van der Waals surface area contributed by atoms with Gasteiger partial charge in [-0.15, -0.1) is 0 Å². The highest BCUT2D eigenvalue weighted by Gasteiger charge is 2.21. The van der Waals surface area contributed by atoms with E-state index in [-0.39, 0.29) is 171 Å². The zero-order chi connectivity index (χ0) is 116. The molecule has 0 bridgehead atoms. The molecule has 0 aliphatic heterocycles. The molecule has 1 unspecified atom stereocenters. The Hall–Kier alpha value is -11.9. The van der Waals surface area contributed by atoms with Gasteiger partial charge in [0.2, 0.25) is 53.2 Å². The minimum absolute atomic E-state index is 0.109. The van der Waals surface area contributed by atoms with E-state index in [1.54, 1.807) is 60.0 Å². The van der Waals surface area contributed by atoms with Crippen molar-refractivity contribution in [2.45, 2.75) is 324 Å². The first-order valence-corrected chi connectivity index (χ1v) is 53.6. The van der Waals surface area contributed by atoms with Crippen LogP contribution in [0.3, 0.4) is 0 Å². The Morgan fingerprint density at radius 2 is 0.436 bits per heavy atom. The number of carbonyl (C=O) groups is 18. The molecule has 0 saturated heterocycles. The first-order chi connectivity index (χ1) is 71.0. The molecule has 0 saturated carbocycles. The molecule has 858 valence electrons. The fourth-order valence-corrected chi connectivity index (χ4v) is 12.2. The van der Waals surface area contributed by atoms with E-state index in [4.69, 9.17) is 37.9 Å². The Kier molecular flexibility index (Phi) is 116. The number of methoxy groups -OCH3 is 1. The summed E-state index contributed by atoms with van der Waals surface area (Å²) in [6.07, 6.45) is 34.7. The molecule has 0 rings (SSSR count). The summed E-state index contributed by atoms with van der Waals surface area (Å²) in [5.41, 5.74) is 0. The number of nitrogens with zero attached hydrogens (tertiary/aromatic N) is 9. The number of hydrogen-bond acceptors (Lipinski definition) is 27. The van der Waals surface area contributed by atoms with Crippen LogP contribution in [0.1, 0.15) is 318 Å². The molecule has 0 radical (unpaired) electrons. The number of amides is 9. The van der Waals surface area contributed by atoms with E-state index in [1.807, 2.05) is 90.0 Å². The molecule has 9 amide bonds. The van der Waals surface area contributed by atoms with Gasteiger partial charge in [-0.1, -0.05) is 204 Å². The Balaban J connectivity index is -0.000000212. The molecule has 1 atom stereocenters. The lowest BCUT2D eigenvalue weighted by Gasteiger charge is -2.19. The van der Waals surface area contributed by atoms with Gasteiger partial charge in [0, 0.05) is 118 Å². The molecular weight excluding hydrogens is 1920 g/mol. The normalized spacial score (nSPS) is 10.0. The van der Waals surface area contributed by atoms with Crippen molar-refractivity contribution in [2.24, 2.45) is 11.8 Å². The number of carbonyl (C=O) groups excluding carboxylic acids is 18. The van der Waals surface area contributed by atoms with E-state index in [9.17, 15) is 86.3 Å². The third-order valence-electron chi connectivity index (χ3n) is 21.3. The maximum Gasteiger partial charge on any atom is 0.307 e. The Bertz CT molecular complexity index is 3720. The topological polar surface area (TPSA) is 419 Å². The minimum Gasteiger partial charge on any atom is -0.469 e. The molecule has 0 aliphatic carbocycles. The highest BCUT2D eigenvalue weighted by molar-refractivity contribution is 5.91. The summed E-state index contributed by atoms with van der Waals surface area (Å²) in [6, 6.07) is 0. The monoisotopic (exact) mass is 2110 g/mol. The molecule has 0 spiro atoms. The van der Waals surface area contributed by atoms with Gasteiger partial charge in [0.15, 0.2) is 0 Å². The number of rotatable bonds is 74. The molecule has 0 aromatic rings. The van der Waals surface area contributed by atoms with Crippen molar-refractivity contribution < 1.29 is 129 Å². The van der Waals surface area contributed by atoms with Crippen LogP contribution in [-0.2, 0) is 129 Å². The molecule has 0 aromatic heterocycles. The molecule has 0 heterocycles. The summed E-state index contributed by atoms with van der Waals surface area (Å²) in [7, 11) is 1.33. The van der Waals surface area contributed by atoms with Gasteiger partial charge in [0.1, 0.15) is 0 Å². The van der Waals surface area contributed by atoms with Crippen LogP contribution in [0.4, 0.5) is 0 Å². The zero-order valence-electron chi connectivity index (χ0n) is 95.8. The quantitative estimate of drug-likeness (QED) is 0.0236. The predicted molar refractivity (Wildman–Crippen MR) is 589 cm³/mol. The molecule has 149 heavy (non-hydrogen) atoms. The van der Waals surface area contributed by atoms with Crippen LogP contribution in [0.2, 0.25) is 0 Å². The van der Waals surface area contributed by atoms with Crippen molar-refractivity contribution in [1.82, 2.24) is 44.1 Å². The van der Waals surface area contributed by atoms with Crippen LogP contribution in [0.5, 0.6) is 0 Å². The molecule has 0 aromatic carbocycles. The van der Waals surface area contributed by atoms with Gasteiger partial charge in [-0.25, -0.2) is 0 Å². The Labute approximate surface area is 896 Å². The van der Waals surface area contributed by atoms with E-state index in [0.717, 1.165) is 57.8 Å². The SMILES string of the molecule is C=CC(=O)N(CC)CCC(=O)OC.C=CC(=O)N(CC)CCC(=O)OC(C)C.C=CC(=O)N(CC)CCC(=O)OCC.C=CC(=O)N(CC)CCC(=O)OCC(C)C.C=CC(=O)N(CC)CCC(=O)OCC(CC)CCCC.C=CC(=O)N(CC)CCC(=O)OCCC.C=CC(=O)N(CC)CCC(=O)OCCCC.C=CC(=O)N(CC)CCC(=O)OCCCCCC.C=CC(=O)N(CC)CCC(=O)OCCCCCCCCCC. The number of ether oxygens (including phenoxy) is 9. The van der Waals surface area contributed by atoms with Gasteiger partial charge in [-0.05, 0) is 182 Å². The van der Waals surface area contributed by atoms with Gasteiger partial charge in [0.25, 0.3) is 0 Å². The summed E-state index contributed by atoms with van der Waals surface area (Å²) in [4.78, 5) is 217. The smallest absolute Gasteiger partial charge is 0.307 e. The van der Waals surface area contributed by atoms with Gasteiger partial charge in [-0.3, -0.25) is 86.3 Å². The van der Waals surface area contributed by atoms with E-state index in [2.05, 4.69) is 91.6 Å². The van der Waals surface area contributed by atoms with E-state index < -0.39 is 0 Å². The summed E-state index contributed by atoms with van der Waals surface area (Å²) in [5.74, 6) is -2.88. The van der Waals surface area contributed by atoms with Crippen LogP contribution in [0.15, 0.2) is 114 Å². The Morgan fingerprint density at radius 3 is 0.651 bits per heavy atom. The first kappa shape index (κ1) is 155. The predicted octanol–water partition coefficient (Wildman–Crippen LogP) is 17.4. The molecule has 0 aliphatic rings. The first-order valence-electron chi connectivity index (χ1n) is 53.6. The molecule has 36 heteroatoms. The molecule has 36 nitrogen and oxygen atoms in total. The third kappa shape index (κ3) is 99.2. The second-order valence-corrected chi connectivity index (χ2v) is 33.7. The standard InChI is InChI=1S/C18H33NO3.C16H29NO3.C14H25NO3.2C12H21NO3.2C11H19NO3.C10H17NO3.C9H15NO3/c1-4-7-8-9-10-11-12-13-16-22-18(21)14-15-19(6-3)17(20)5-2;1-5-9-10-14(6-2)13-20-16(19)11-12-17(8-4)15(18)7-3;1-4-7-8-9-12-18-14(17)10-11-15(6-3)13(16)5-2;1-5-11(14)13(6-2)8-7-12(15)16-9-10(3)4;1-4-7-10-16-12(15)8-9-13(6-3)11(14)5-2;1-5-10(13)12(6-2)8-7-11(14)15-9(3)4;1-4-9-15-11(14)7-8-12(6-3)10(13)5-2;1-4-9(12)11(5-2)8-7-10(13)14-6-3;1-4-8(11)10(5-2)7-6-9(12)13-3/h5H,2,4,6-16H2,1,3H3;7,14H,3,5-6,8-13H2,1-2,4H3;5H,2,4,6-12H2,1,3H3;5,10H,1,6-9H2,2-4H3;5H,2,4,6-10H2,1,3H3;5,9H,1,6-8H2,2-4H3;5H,2,4,6-9H2,1,3H3;4H,1,5-8H2,2-3H3;4H,1,5-7H2,2-3H3. The van der Waals surface area contributed by atoms with Crippen LogP contribution >= 0.6 is 0 Å². The van der Waals surface area contributed by atoms with Gasteiger partial charge >= 0.3 is 53.7 Å². The minimum atomic E-state index is -0.310. The highest BCUT2D eigenvalue weighted by atomic mass is 16.6. The summed E-state index contributed by atoms with van der Waals surface area (Å²) in [5, 5.41) is 0. The lowest BCUT2D eigenvalue weighted by molar-refractivity contribution is -0.149. The summed E-state index contributed by atoms with van der Waals surface area (Å²) >= 11 is 0. The van der Waals surface area contributed by atoms with Crippen molar-refractivity contribution in [2.75, 3.05) is 171 Å². The van der Waals surface area contributed by atoms with Crippen molar-refractivity contribution >= 4 is 107 Å². The lowest BCUT2D eigenvalue weighted by Crippen LogP contribution is -2.31. The van der Waals surface area contributed by atoms with Crippen LogP contribution in [0, 0.1) is 11.8 Å². The fraction of sp³-hybridized carbons (Fsp3) is 0.681. The molecular formula is C113H199N9O27. The van der Waals surface area contributed by atoms with Crippen molar-refractivity contribution in [3.8, 4) is 0 Å². The second kappa shape index (κ2) is 112. The largest absolute Gasteiger partial charge is 0.469 e. The highest BCUT2D eigenvalue weighted by Crippen LogP contribution is 2.15. The van der Waals surface area contributed by atoms with Crippen LogP contribution in [0.25, 0.3) is 0 Å². The van der Waals surface area contributed by atoms with Crippen LogP contribution < -0.4 is 0 Å². The maximum absolute atomic E-state index is 11.7. The second-order valence-electron chi connectivity index (χ2n) is 33.7. The molecule has 0 fully saturated rings. The number of esters is 9. The lowest BCUT2D eigenvalue weighted by atomic mass is 10.0. The van der Waals surface area contributed by atoms with E-state index in [1.165, 1.54) is 131 Å². The maximum atomic E-state index is 11.7. The average Bonchev–Trinajstić information content (AvgIpc) is 1.00. The summed E-state index contributed by atoms with van der Waals surface area (Å²) < 4.78 is 44.6.